The number of anilines is 1. The fourth-order valence-corrected chi connectivity index (χ4v) is 4.86. The molecule has 0 bridgehead atoms. The minimum absolute atomic E-state index is 0.00651. The molecule has 0 aromatic heterocycles. The lowest BCUT2D eigenvalue weighted by Gasteiger charge is -2.39. The van der Waals surface area contributed by atoms with Crippen molar-refractivity contribution in [2.24, 2.45) is 0 Å². The highest BCUT2D eigenvalue weighted by Gasteiger charge is 2.32. The zero-order chi connectivity index (χ0) is 22.8. The monoisotopic (exact) mass is 462 g/mol. The van der Waals surface area contributed by atoms with E-state index in [4.69, 9.17) is 31.2 Å². The molecule has 0 saturated heterocycles. The van der Waals surface area contributed by atoms with Gasteiger partial charge < -0.3 is 29.2 Å². The van der Waals surface area contributed by atoms with E-state index in [0.717, 1.165) is 47.2 Å². The third-order valence-corrected chi connectivity index (χ3v) is 6.52. The second kappa shape index (κ2) is 9.19. The molecule has 3 aromatic rings. The van der Waals surface area contributed by atoms with Crippen molar-refractivity contribution in [1.29, 1.82) is 0 Å². The Kier molecular flexibility index (Phi) is 5.96. The van der Waals surface area contributed by atoms with Crippen molar-refractivity contribution in [3.05, 3.63) is 77.4 Å². The SMILES string of the molecule is COc1ccc(OC)c(CC2c3cc4c(cc3CCN2C(=S)Nc2ccccc2)OCO4)c1. The Balaban J connectivity index is 1.53. The topological polar surface area (TPSA) is 52.2 Å². The Morgan fingerprint density at radius 3 is 2.58 bits per heavy atom. The first-order valence-corrected chi connectivity index (χ1v) is 11.3. The van der Waals surface area contributed by atoms with Crippen LogP contribution in [0.25, 0.3) is 0 Å². The molecular formula is C26H26N2O4S. The number of ether oxygens (including phenoxy) is 4. The number of para-hydroxylation sites is 1. The molecule has 0 saturated carbocycles. The van der Waals surface area contributed by atoms with Gasteiger partial charge in [-0.05, 0) is 72.2 Å². The van der Waals surface area contributed by atoms with Crippen molar-refractivity contribution in [3.63, 3.8) is 0 Å². The largest absolute Gasteiger partial charge is 0.497 e. The van der Waals surface area contributed by atoms with Gasteiger partial charge in [0.15, 0.2) is 16.6 Å². The maximum atomic E-state index is 5.89. The van der Waals surface area contributed by atoms with Crippen LogP contribution in [0, 0.1) is 0 Å². The predicted molar refractivity (Wildman–Crippen MR) is 132 cm³/mol. The van der Waals surface area contributed by atoms with E-state index in [0.29, 0.717) is 11.5 Å². The van der Waals surface area contributed by atoms with E-state index < -0.39 is 0 Å². The summed E-state index contributed by atoms with van der Waals surface area (Å²) >= 11 is 5.89. The molecule has 0 radical (unpaired) electrons. The van der Waals surface area contributed by atoms with Crippen LogP contribution in [0.15, 0.2) is 60.7 Å². The molecule has 2 aliphatic heterocycles. The van der Waals surface area contributed by atoms with E-state index in [1.807, 2.05) is 48.5 Å². The fourth-order valence-electron chi connectivity index (χ4n) is 4.52. The van der Waals surface area contributed by atoms with Gasteiger partial charge in [0.05, 0.1) is 20.3 Å². The van der Waals surface area contributed by atoms with Crippen LogP contribution in [-0.2, 0) is 12.8 Å². The lowest BCUT2D eigenvalue weighted by molar-refractivity contribution is 0.174. The van der Waals surface area contributed by atoms with Crippen molar-refractivity contribution < 1.29 is 18.9 Å². The smallest absolute Gasteiger partial charge is 0.231 e. The predicted octanol–water partition coefficient (Wildman–Crippen LogP) is 4.97. The molecule has 170 valence electrons. The number of hydrogen-bond acceptors (Lipinski definition) is 5. The summed E-state index contributed by atoms with van der Waals surface area (Å²) < 4.78 is 22.5. The average molecular weight is 463 g/mol. The van der Waals surface area contributed by atoms with E-state index >= 15 is 0 Å². The molecule has 7 heteroatoms. The summed E-state index contributed by atoms with van der Waals surface area (Å²) in [5.41, 5.74) is 4.47. The Morgan fingerprint density at radius 2 is 1.82 bits per heavy atom. The molecule has 6 nitrogen and oxygen atoms in total. The number of methoxy groups -OCH3 is 2. The lowest BCUT2D eigenvalue weighted by Crippen LogP contribution is -2.43. The molecule has 2 heterocycles. The first-order chi connectivity index (χ1) is 16.2. The highest BCUT2D eigenvalue weighted by Crippen LogP contribution is 2.42. The van der Waals surface area contributed by atoms with Crippen LogP contribution < -0.4 is 24.3 Å². The maximum absolute atomic E-state index is 5.89. The molecule has 0 fully saturated rings. The standard InChI is InChI=1S/C26H26N2O4S/c1-29-20-8-9-23(30-2)18(12-20)13-22-21-15-25-24(31-16-32-25)14-17(21)10-11-28(22)26(33)27-19-6-4-3-5-7-19/h3-9,12,14-15,22H,10-11,13,16H2,1-2H3,(H,27,33). The molecule has 1 unspecified atom stereocenters. The van der Waals surface area contributed by atoms with Crippen molar-refractivity contribution in [2.45, 2.75) is 18.9 Å². The van der Waals surface area contributed by atoms with Gasteiger partial charge in [0, 0.05) is 24.2 Å². The van der Waals surface area contributed by atoms with Crippen LogP contribution in [0.1, 0.15) is 22.7 Å². The minimum Gasteiger partial charge on any atom is -0.497 e. The molecule has 1 atom stereocenters. The van der Waals surface area contributed by atoms with Gasteiger partial charge in [-0.3, -0.25) is 0 Å². The summed E-state index contributed by atoms with van der Waals surface area (Å²) in [5.74, 6) is 3.21. The zero-order valence-electron chi connectivity index (χ0n) is 18.7. The first kappa shape index (κ1) is 21.4. The van der Waals surface area contributed by atoms with Crippen molar-refractivity contribution in [3.8, 4) is 23.0 Å². The van der Waals surface area contributed by atoms with Gasteiger partial charge >= 0.3 is 0 Å². The summed E-state index contributed by atoms with van der Waals surface area (Å²) in [4.78, 5) is 2.26. The summed E-state index contributed by atoms with van der Waals surface area (Å²) in [7, 11) is 3.37. The van der Waals surface area contributed by atoms with Crippen LogP contribution in [-0.4, -0.2) is 37.6 Å². The number of hydrogen-bond donors (Lipinski definition) is 1. The first-order valence-electron chi connectivity index (χ1n) is 10.9. The van der Waals surface area contributed by atoms with E-state index in [-0.39, 0.29) is 12.8 Å². The van der Waals surface area contributed by atoms with Crippen LogP contribution >= 0.6 is 12.2 Å². The minimum atomic E-state index is -0.00651. The number of fused-ring (bicyclic) bond motifs is 2. The quantitative estimate of drug-likeness (QED) is 0.537. The van der Waals surface area contributed by atoms with Crippen molar-refractivity contribution >= 4 is 23.0 Å². The number of nitrogens with one attached hydrogen (secondary N) is 1. The van der Waals surface area contributed by atoms with Crippen molar-refractivity contribution in [2.75, 3.05) is 32.9 Å². The van der Waals surface area contributed by atoms with E-state index in [1.54, 1.807) is 14.2 Å². The molecule has 2 aliphatic rings. The molecule has 0 spiro atoms. The molecular weight excluding hydrogens is 436 g/mol. The molecule has 3 aromatic carbocycles. The second-order valence-corrected chi connectivity index (χ2v) is 8.43. The van der Waals surface area contributed by atoms with Crippen molar-refractivity contribution in [1.82, 2.24) is 4.90 Å². The third kappa shape index (κ3) is 4.28. The van der Waals surface area contributed by atoms with Gasteiger partial charge in [-0.1, -0.05) is 18.2 Å². The van der Waals surface area contributed by atoms with Gasteiger partial charge in [-0.2, -0.15) is 0 Å². The van der Waals surface area contributed by atoms with Crippen LogP contribution in [0.2, 0.25) is 0 Å². The number of benzene rings is 3. The number of thiocarbonyl (C=S) groups is 1. The van der Waals surface area contributed by atoms with Gasteiger partial charge in [0.25, 0.3) is 0 Å². The van der Waals surface area contributed by atoms with Crippen LogP contribution in [0.5, 0.6) is 23.0 Å². The molecule has 0 amide bonds. The fraction of sp³-hybridized carbons (Fsp3) is 0.269. The highest BCUT2D eigenvalue weighted by atomic mass is 32.1. The Hall–Kier alpha value is -3.45. The third-order valence-electron chi connectivity index (χ3n) is 6.18. The summed E-state index contributed by atoms with van der Waals surface area (Å²) in [6, 6.07) is 20.1. The molecule has 5 rings (SSSR count). The number of nitrogens with zero attached hydrogens (tertiary/aromatic N) is 1. The molecule has 0 aliphatic carbocycles. The Bertz CT molecular complexity index is 1170. The van der Waals surface area contributed by atoms with Gasteiger partial charge in [0.1, 0.15) is 11.5 Å². The van der Waals surface area contributed by atoms with Crippen LogP contribution in [0.4, 0.5) is 5.69 Å². The van der Waals surface area contributed by atoms with E-state index in [9.17, 15) is 0 Å². The molecule has 33 heavy (non-hydrogen) atoms. The normalized spacial score (nSPS) is 16.2. The van der Waals surface area contributed by atoms with Gasteiger partial charge in [-0.15, -0.1) is 0 Å². The highest BCUT2D eigenvalue weighted by molar-refractivity contribution is 7.80. The second-order valence-electron chi connectivity index (χ2n) is 8.04. The summed E-state index contributed by atoms with van der Waals surface area (Å²) in [6.07, 6.45) is 1.57. The van der Waals surface area contributed by atoms with E-state index in [1.165, 1.54) is 11.1 Å². The van der Waals surface area contributed by atoms with Gasteiger partial charge in [0.2, 0.25) is 6.79 Å². The van der Waals surface area contributed by atoms with E-state index in [2.05, 4.69) is 22.3 Å². The maximum Gasteiger partial charge on any atom is 0.231 e. The van der Waals surface area contributed by atoms with Crippen LogP contribution in [0.3, 0.4) is 0 Å². The summed E-state index contributed by atoms with van der Waals surface area (Å²) in [6.45, 7) is 1.05. The zero-order valence-corrected chi connectivity index (χ0v) is 19.5. The average Bonchev–Trinajstić information content (AvgIpc) is 3.31. The van der Waals surface area contributed by atoms with Gasteiger partial charge in [-0.25, -0.2) is 0 Å². The molecule has 1 N–H and O–H groups in total. The number of rotatable bonds is 5. The lowest BCUT2D eigenvalue weighted by atomic mass is 9.88. The Labute approximate surface area is 199 Å². The Morgan fingerprint density at radius 1 is 1.03 bits per heavy atom. The summed E-state index contributed by atoms with van der Waals surface area (Å²) in [5, 5.41) is 4.10.